The van der Waals surface area contributed by atoms with E-state index in [0.717, 1.165) is 41.8 Å². The number of anilines is 1. The zero-order chi connectivity index (χ0) is 15.9. The van der Waals surface area contributed by atoms with Gasteiger partial charge < -0.3 is 10.2 Å². The first-order chi connectivity index (χ1) is 10.6. The Hall–Kier alpha value is -0.820. The van der Waals surface area contributed by atoms with Crippen molar-refractivity contribution in [2.24, 2.45) is 5.92 Å². The molecule has 0 aromatic carbocycles. The summed E-state index contributed by atoms with van der Waals surface area (Å²) in [6, 6.07) is 0.430. The molecule has 124 valence electrons. The molecule has 0 bridgehead atoms. The summed E-state index contributed by atoms with van der Waals surface area (Å²) in [7, 11) is 0. The number of thioether (sulfide) groups is 1. The van der Waals surface area contributed by atoms with Crippen molar-refractivity contribution < 1.29 is 4.79 Å². The maximum atomic E-state index is 12.4. The van der Waals surface area contributed by atoms with Crippen molar-refractivity contribution in [1.29, 1.82) is 0 Å². The minimum atomic E-state index is 0.239. The summed E-state index contributed by atoms with van der Waals surface area (Å²) < 4.78 is 0.865. The zero-order valence-electron chi connectivity index (χ0n) is 13.7. The lowest BCUT2D eigenvalue weighted by molar-refractivity contribution is -0.132. The van der Waals surface area contributed by atoms with Gasteiger partial charge in [0.1, 0.15) is 0 Å². The minimum absolute atomic E-state index is 0.239. The van der Waals surface area contributed by atoms with Gasteiger partial charge in [-0.3, -0.25) is 4.79 Å². The molecule has 1 aromatic heterocycles. The molecule has 0 spiro atoms. The largest absolute Gasteiger partial charge is 0.360 e. The van der Waals surface area contributed by atoms with Crippen molar-refractivity contribution in [3.8, 4) is 0 Å². The maximum absolute atomic E-state index is 12.4. The number of aromatic nitrogens is 2. The highest BCUT2D eigenvalue weighted by atomic mass is 32.2. The predicted octanol–water partition coefficient (Wildman–Crippen LogP) is 3.49. The number of carbonyl (C=O) groups excluding carboxylic acids is 1. The summed E-state index contributed by atoms with van der Waals surface area (Å²) in [6.45, 7) is 8.29. The second-order valence-electron chi connectivity index (χ2n) is 6.08. The fourth-order valence-corrected chi connectivity index (χ4v) is 4.24. The van der Waals surface area contributed by atoms with E-state index < -0.39 is 0 Å². The summed E-state index contributed by atoms with van der Waals surface area (Å²) in [5.41, 5.74) is 0. The van der Waals surface area contributed by atoms with Crippen molar-refractivity contribution in [2.75, 3.05) is 24.2 Å². The second-order valence-corrected chi connectivity index (χ2v) is 8.28. The lowest BCUT2D eigenvalue weighted by atomic mass is 10.0. The molecule has 0 unspecified atom stereocenters. The van der Waals surface area contributed by atoms with Gasteiger partial charge in [-0.2, -0.15) is 0 Å². The first-order valence-electron chi connectivity index (χ1n) is 8.09. The quantitative estimate of drug-likeness (QED) is 0.769. The lowest BCUT2D eigenvalue weighted by Crippen LogP contribution is -2.44. The number of hydrogen-bond acceptors (Lipinski definition) is 6. The molecule has 1 aliphatic heterocycles. The highest BCUT2D eigenvalue weighted by molar-refractivity contribution is 8.01. The van der Waals surface area contributed by atoms with Crippen LogP contribution in [0.5, 0.6) is 0 Å². The van der Waals surface area contributed by atoms with Crippen LogP contribution in [0.15, 0.2) is 4.34 Å². The summed E-state index contributed by atoms with van der Waals surface area (Å²) in [6.07, 6.45) is 4.58. The van der Waals surface area contributed by atoms with Gasteiger partial charge in [0.15, 0.2) is 4.34 Å². The Morgan fingerprint density at radius 1 is 1.45 bits per heavy atom. The molecular weight excluding hydrogens is 316 g/mol. The van der Waals surface area contributed by atoms with Crippen LogP contribution < -0.4 is 5.32 Å². The fourth-order valence-electron chi connectivity index (χ4n) is 2.59. The number of carbonyl (C=O) groups is 1. The Morgan fingerprint density at radius 2 is 2.27 bits per heavy atom. The molecule has 5 nitrogen and oxygen atoms in total. The van der Waals surface area contributed by atoms with E-state index in [0.29, 0.717) is 17.7 Å². The Morgan fingerprint density at radius 3 is 3.00 bits per heavy atom. The van der Waals surface area contributed by atoms with Crippen molar-refractivity contribution in [3.05, 3.63) is 0 Å². The summed E-state index contributed by atoms with van der Waals surface area (Å²) >= 11 is 3.03. The molecule has 1 N–H and O–H groups in total. The number of piperidine rings is 1. The molecule has 2 rings (SSSR count). The third-order valence-corrected chi connectivity index (χ3v) is 5.80. The van der Waals surface area contributed by atoms with Crippen LogP contribution in [0.25, 0.3) is 0 Å². The monoisotopic (exact) mass is 342 g/mol. The smallest absolute Gasteiger partial charge is 0.233 e. The summed E-state index contributed by atoms with van der Waals surface area (Å²) in [4.78, 5) is 14.5. The Bertz CT molecular complexity index is 478. The molecule has 0 aliphatic carbocycles. The molecule has 0 saturated carbocycles. The molecule has 22 heavy (non-hydrogen) atoms. The fraction of sp³-hybridized carbons (Fsp3) is 0.800. The van der Waals surface area contributed by atoms with Gasteiger partial charge in [0.05, 0.1) is 5.75 Å². The standard InChI is InChI=1S/C15H26N4OS2/c1-4-12-7-5-6-8-19(12)13(20)10-21-15-18-17-14(22-15)16-9-11(2)3/h11-12H,4-10H2,1-3H3,(H,16,17)/t12-/m0/s1. The van der Waals surface area contributed by atoms with Gasteiger partial charge in [-0.05, 0) is 31.6 Å². The Labute approximate surface area is 141 Å². The van der Waals surface area contributed by atoms with Crippen LogP contribution in [0.4, 0.5) is 5.13 Å². The van der Waals surface area contributed by atoms with Crippen molar-refractivity contribution in [2.45, 2.75) is 56.8 Å². The molecular formula is C15H26N4OS2. The topological polar surface area (TPSA) is 58.1 Å². The van der Waals surface area contributed by atoms with Gasteiger partial charge in [-0.15, -0.1) is 10.2 Å². The van der Waals surface area contributed by atoms with Gasteiger partial charge in [0.2, 0.25) is 11.0 Å². The van der Waals surface area contributed by atoms with E-state index in [1.807, 2.05) is 0 Å². The molecule has 1 atom stereocenters. The van der Waals surface area contributed by atoms with E-state index in [-0.39, 0.29) is 5.91 Å². The van der Waals surface area contributed by atoms with Gasteiger partial charge in [0, 0.05) is 19.1 Å². The zero-order valence-corrected chi connectivity index (χ0v) is 15.3. The Kier molecular flexibility index (Phi) is 6.95. The number of nitrogens with one attached hydrogen (secondary N) is 1. The van der Waals surface area contributed by atoms with Crippen LogP contribution in [0.2, 0.25) is 0 Å². The van der Waals surface area contributed by atoms with Crippen LogP contribution >= 0.6 is 23.1 Å². The van der Waals surface area contributed by atoms with Gasteiger partial charge >= 0.3 is 0 Å². The normalized spacial score (nSPS) is 18.7. The van der Waals surface area contributed by atoms with Crippen LogP contribution in [-0.2, 0) is 4.79 Å². The van der Waals surface area contributed by atoms with Crippen molar-refractivity contribution in [1.82, 2.24) is 15.1 Å². The average molecular weight is 343 g/mol. The van der Waals surface area contributed by atoms with Crippen LogP contribution in [0.3, 0.4) is 0 Å². The average Bonchev–Trinajstić information content (AvgIpc) is 2.98. The van der Waals surface area contributed by atoms with Crippen LogP contribution in [0, 0.1) is 5.92 Å². The molecule has 1 amide bonds. The SMILES string of the molecule is CC[C@H]1CCCCN1C(=O)CSc1nnc(NCC(C)C)s1. The molecule has 7 heteroatoms. The number of likely N-dealkylation sites (tertiary alicyclic amines) is 1. The molecule has 1 fully saturated rings. The highest BCUT2D eigenvalue weighted by Crippen LogP contribution is 2.27. The first kappa shape index (κ1) is 17.5. The Balaban J connectivity index is 1.80. The van der Waals surface area contributed by atoms with Crippen LogP contribution in [-0.4, -0.2) is 45.9 Å². The van der Waals surface area contributed by atoms with Gasteiger partial charge in [0.25, 0.3) is 0 Å². The molecule has 1 aliphatic rings. The number of amides is 1. The van der Waals surface area contributed by atoms with Gasteiger partial charge in [-0.1, -0.05) is 43.9 Å². The number of nitrogens with zero attached hydrogens (tertiary/aromatic N) is 3. The first-order valence-corrected chi connectivity index (χ1v) is 9.90. The highest BCUT2D eigenvalue weighted by Gasteiger charge is 2.25. The van der Waals surface area contributed by atoms with E-state index >= 15 is 0 Å². The van der Waals surface area contributed by atoms with E-state index in [1.165, 1.54) is 29.5 Å². The van der Waals surface area contributed by atoms with Crippen molar-refractivity contribution >= 4 is 34.1 Å². The number of rotatable bonds is 7. The molecule has 1 saturated heterocycles. The van der Waals surface area contributed by atoms with E-state index in [2.05, 4.69) is 41.2 Å². The maximum Gasteiger partial charge on any atom is 0.233 e. The van der Waals surface area contributed by atoms with E-state index in [1.54, 1.807) is 0 Å². The molecule has 0 radical (unpaired) electrons. The number of hydrogen-bond donors (Lipinski definition) is 1. The second kappa shape index (κ2) is 8.72. The molecule has 2 heterocycles. The third-order valence-electron chi connectivity index (χ3n) is 3.81. The van der Waals surface area contributed by atoms with Crippen LogP contribution in [0.1, 0.15) is 46.5 Å². The third kappa shape index (κ3) is 5.12. The predicted molar refractivity (Wildman–Crippen MR) is 93.6 cm³/mol. The molecule has 1 aromatic rings. The van der Waals surface area contributed by atoms with E-state index in [4.69, 9.17) is 0 Å². The minimum Gasteiger partial charge on any atom is -0.360 e. The van der Waals surface area contributed by atoms with Crippen molar-refractivity contribution in [3.63, 3.8) is 0 Å². The van der Waals surface area contributed by atoms with Gasteiger partial charge in [-0.25, -0.2) is 0 Å². The summed E-state index contributed by atoms with van der Waals surface area (Å²) in [5.74, 6) is 1.28. The summed E-state index contributed by atoms with van der Waals surface area (Å²) in [5, 5.41) is 12.4. The lowest BCUT2D eigenvalue weighted by Gasteiger charge is -2.35. The van der Waals surface area contributed by atoms with E-state index in [9.17, 15) is 4.79 Å².